The average molecular weight is 334 g/mol. The second-order valence-electron chi connectivity index (χ2n) is 5.55. The van der Waals surface area contributed by atoms with Gasteiger partial charge in [0.2, 0.25) is 0 Å². The molecule has 25 heavy (non-hydrogen) atoms. The number of imidazole rings is 1. The molecule has 0 saturated heterocycles. The number of nitriles is 1. The molecule has 0 radical (unpaired) electrons. The highest BCUT2D eigenvalue weighted by molar-refractivity contribution is 6.05. The van der Waals surface area contributed by atoms with Crippen molar-refractivity contribution in [1.29, 1.82) is 5.26 Å². The molecule has 5 nitrogen and oxygen atoms in total. The van der Waals surface area contributed by atoms with Crippen LogP contribution in [0.5, 0.6) is 0 Å². The molecular weight excluding hydrogens is 319 g/mol. The molecule has 3 aromatic rings. The number of halogens is 1. The number of carbonyl (C=O) groups is 1. The van der Waals surface area contributed by atoms with Crippen molar-refractivity contribution in [3.63, 3.8) is 0 Å². The first-order valence-corrected chi connectivity index (χ1v) is 7.62. The summed E-state index contributed by atoms with van der Waals surface area (Å²) in [5.74, 6) is -0.193. The minimum atomic E-state index is -0.471. The quantitative estimate of drug-likeness (QED) is 0.793. The number of aromatic nitrogens is 2. The van der Waals surface area contributed by atoms with Crippen LogP contribution in [0.1, 0.15) is 27.3 Å². The highest BCUT2D eigenvalue weighted by atomic mass is 19.1. The van der Waals surface area contributed by atoms with E-state index in [2.05, 4.69) is 10.3 Å². The average Bonchev–Trinajstić information content (AvgIpc) is 3.01. The number of hydrogen-bond donors (Lipinski definition) is 1. The van der Waals surface area contributed by atoms with Crippen LogP contribution in [0.2, 0.25) is 0 Å². The molecule has 1 heterocycles. The Labute approximate surface area is 144 Å². The monoisotopic (exact) mass is 334 g/mol. The van der Waals surface area contributed by atoms with Crippen molar-refractivity contribution < 1.29 is 9.18 Å². The summed E-state index contributed by atoms with van der Waals surface area (Å²) >= 11 is 0. The van der Waals surface area contributed by atoms with Crippen molar-refractivity contribution in [2.45, 2.75) is 13.8 Å². The third kappa shape index (κ3) is 3.12. The molecule has 0 bridgehead atoms. The van der Waals surface area contributed by atoms with Crippen LogP contribution in [-0.2, 0) is 0 Å². The molecular formula is C19H15FN4O. The lowest BCUT2D eigenvalue weighted by Gasteiger charge is -2.11. The van der Waals surface area contributed by atoms with Gasteiger partial charge in [-0.1, -0.05) is 6.07 Å². The Balaban J connectivity index is 1.87. The minimum absolute atomic E-state index is 0.339. The molecule has 0 fully saturated rings. The van der Waals surface area contributed by atoms with Gasteiger partial charge in [0.25, 0.3) is 5.91 Å². The highest BCUT2D eigenvalue weighted by Crippen LogP contribution is 2.21. The summed E-state index contributed by atoms with van der Waals surface area (Å²) in [6, 6.07) is 11.4. The summed E-state index contributed by atoms with van der Waals surface area (Å²) in [6.07, 6.45) is 3.26. The number of rotatable bonds is 3. The fourth-order valence-corrected chi connectivity index (χ4v) is 2.61. The third-order valence-corrected chi connectivity index (χ3v) is 3.99. The van der Waals surface area contributed by atoms with Crippen LogP contribution in [0.4, 0.5) is 10.1 Å². The van der Waals surface area contributed by atoms with E-state index in [0.29, 0.717) is 33.9 Å². The topological polar surface area (TPSA) is 70.7 Å². The Morgan fingerprint density at radius 1 is 1.28 bits per heavy atom. The maximum atomic E-state index is 14.4. The van der Waals surface area contributed by atoms with Crippen molar-refractivity contribution in [3.8, 4) is 11.8 Å². The van der Waals surface area contributed by atoms with E-state index in [1.54, 1.807) is 61.1 Å². The maximum Gasteiger partial charge on any atom is 0.255 e. The second kappa shape index (κ2) is 6.57. The van der Waals surface area contributed by atoms with E-state index in [0.717, 1.165) is 0 Å². The molecule has 1 N–H and O–H groups in total. The smallest absolute Gasteiger partial charge is 0.255 e. The van der Waals surface area contributed by atoms with Gasteiger partial charge in [-0.3, -0.25) is 4.79 Å². The van der Waals surface area contributed by atoms with Crippen LogP contribution >= 0.6 is 0 Å². The van der Waals surface area contributed by atoms with Gasteiger partial charge < -0.3 is 9.88 Å². The van der Waals surface area contributed by atoms with Crippen LogP contribution in [-0.4, -0.2) is 15.5 Å². The zero-order valence-corrected chi connectivity index (χ0v) is 13.7. The Morgan fingerprint density at radius 2 is 2.08 bits per heavy atom. The lowest BCUT2D eigenvalue weighted by atomic mass is 10.0. The fraction of sp³-hybridized carbons (Fsp3) is 0.105. The third-order valence-electron chi connectivity index (χ3n) is 3.99. The van der Waals surface area contributed by atoms with Gasteiger partial charge >= 0.3 is 0 Å². The Hall–Kier alpha value is -3.46. The minimum Gasteiger partial charge on any atom is -0.322 e. The van der Waals surface area contributed by atoms with Crippen molar-refractivity contribution in [2.75, 3.05) is 5.32 Å². The van der Waals surface area contributed by atoms with E-state index in [4.69, 9.17) is 5.26 Å². The lowest BCUT2D eigenvalue weighted by Crippen LogP contribution is -2.14. The Kier molecular flexibility index (Phi) is 4.31. The molecule has 0 saturated carbocycles. The zero-order valence-electron chi connectivity index (χ0n) is 13.7. The second-order valence-corrected chi connectivity index (χ2v) is 5.55. The SMILES string of the molecule is Cc1c(C#N)cccc1C(=O)Nc1ccc(-n2ccnc2C)c(F)c1. The van der Waals surface area contributed by atoms with Gasteiger partial charge in [-0.15, -0.1) is 0 Å². The molecule has 0 aliphatic carbocycles. The first kappa shape index (κ1) is 16.4. The molecule has 0 aliphatic heterocycles. The van der Waals surface area contributed by atoms with Gasteiger partial charge in [0.05, 0.1) is 17.3 Å². The van der Waals surface area contributed by atoms with E-state index < -0.39 is 5.82 Å². The van der Waals surface area contributed by atoms with Gasteiger partial charge in [-0.2, -0.15) is 5.26 Å². The van der Waals surface area contributed by atoms with E-state index in [-0.39, 0.29) is 5.91 Å². The molecule has 0 spiro atoms. The normalized spacial score (nSPS) is 10.3. The molecule has 1 aromatic heterocycles. The number of anilines is 1. The molecule has 3 rings (SSSR count). The highest BCUT2D eigenvalue weighted by Gasteiger charge is 2.13. The Bertz CT molecular complexity index is 1000. The largest absolute Gasteiger partial charge is 0.322 e. The van der Waals surface area contributed by atoms with Crippen molar-refractivity contribution in [3.05, 3.63) is 77.1 Å². The van der Waals surface area contributed by atoms with E-state index >= 15 is 0 Å². The molecule has 0 unspecified atom stereocenters. The number of aryl methyl sites for hydroxylation is 1. The van der Waals surface area contributed by atoms with Crippen molar-refractivity contribution in [1.82, 2.24) is 9.55 Å². The predicted octanol–water partition coefficient (Wildman–Crippen LogP) is 3.75. The van der Waals surface area contributed by atoms with Crippen LogP contribution in [0.3, 0.4) is 0 Å². The predicted molar refractivity (Wildman–Crippen MR) is 92.1 cm³/mol. The standard InChI is InChI=1S/C19H15FN4O/c1-12-14(11-21)4-3-5-16(12)19(25)23-15-6-7-18(17(20)10-15)24-9-8-22-13(24)2/h3-10H,1-2H3,(H,23,25). The van der Waals surface area contributed by atoms with E-state index in [1.807, 2.05) is 6.07 Å². The van der Waals surface area contributed by atoms with Crippen LogP contribution in [0, 0.1) is 31.0 Å². The molecule has 0 atom stereocenters. The summed E-state index contributed by atoms with van der Waals surface area (Å²) in [5, 5.41) is 11.7. The summed E-state index contributed by atoms with van der Waals surface area (Å²) in [5.41, 5.74) is 2.11. The summed E-state index contributed by atoms with van der Waals surface area (Å²) in [4.78, 5) is 16.5. The number of carbonyl (C=O) groups excluding carboxylic acids is 1. The van der Waals surface area contributed by atoms with Crippen molar-refractivity contribution >= 4 is 11.6 Å². The summed E-state index contributed by atoms with van der Waals surface area (Å²) in [7, 11) is 0. The molecule has 0 aliphatic rings. The molecule has 2 aromatic carbocycles. The molecule has 6 heteroatoms. The number of hydrogen-bond acceptors (Lipinski definition) is 3. The number of nitrogens with zero attached hydrogens (tertiary/aromatic N) is 3. The zero-order chi connectivity index (χ0) is 18.0. The number of nitrogens with one attached hydrogen (secondary N) is 1. The van der Waals surface area contributed by atoms with E-state index in [1.165, 1.54) is 6.07 Å². The number of benzene rings is 2. The lowest BCUT2D eigenvalue weighted by molar-refractivity contribution is 0.102. The molecule has 124 valence electrons. The fourth-order valence-electron chi connectivity index (χ4n) is 2.61. The van der Waals surface area contributed by atoms with Gasteiger partial charge in [0, 0.05) is 23.6 Å². The summed E-state index contributed by atoms with van der Waals surface area (Å²) < 4.78 is 16.0. The van der Waals surface area contributed by atoms with Crippen LogP contribution in [0.25, 0.3) is 5.69 Å². The number of amides is 1. The van der Waals surface area contributed by atoms with Crippen molar-refractivity contribution in [2.24, 2.45) is 0 Å². The van der Waals surface area contributed by atoms with Gasteiger partial charge in [-0.25, -0.2) is 9.37 Å². The van der Waals surface area contributed by atoms with Gasteiger partial charge in [-0.05, 0) is 49.7 Å². The van der Waals surface area contributed by atoms with E-state index in [9.17, 15) is 9.18 Å². The summed E-state index contributed by atoms with van der Waals surface area (Å²) in [6.45, 7) is 3.49. The van der Waals surface area contributed by atoms with Gasteiger partial charge in [0.15, 0.2) is 0 Å². The molecule has 1 amide bonds. The first-order valence-electron chi connectivity index (χ1n) is 7.62. The maximum absolute atomic E-state index is 14.4. The van der Waals surface area contributed by atoms with Crippen LogP contribution in [0.15, 0.2) is 48.8 Å². The Morgan fingerprint density at radius 3 is 2.72 bits per heavy atom. The van der Waals surface area contributed by atoms with Crippen LogP contribution < -0.4 is 5.32 Å². The van der Waals surface area contributed by atoms with Gasteiger partial charge in [0.1, 0.15) is 11.6 Å². The first-order chi connectivity index (χ1) is 12.0.